The highest BCUT2D eigenvalue weighted by atomic mass is 35.5. The third-order valence-corrected chi connectivity index (χ3v) is 2.46. The van der Waals surface area contributed by atoms with Gasteiger partial charge in [0.2, 0.25) is 0 Å². The van der Waals surface area contributed by atoms with Gasteiger partial charge in [0.05, 0.1) is 11.4 Å². The van der Waals surface area contributed by atoms with Crippen LogP contribution in [0.2, 0.25) is 5.02 Å². The van der Waals surface area contributed by atoms with Crippen molar-refractivity contribution in [1.29, 1.82) is 0 Å². The third kappa shape index (κ3) is 2.86. The number of hydrogen-bond acceptors (Lipinski definition) is 2. The van der Waals surface area contributed by atoms with E-state index in [9.17, 15) is 9.90 Å². The van der Waals surface area contributed by atoms with Gasteiger partial charge in [-0.05, 0) is 17.5 Å². The molecular weight excluding hydrogens is 216 g/mol. The molecule has 0 heterocycles. The number of carbonyl (C=O) groups is 1. The molecule has 2 N–H and O–H groups in total. The molecule has 0 atom stereocenters. The Morgan fingerprint density at radius 2 is 2.07 bits per heavy atom. The first-order valence-electron chi connectivity index (χ1n) is 4.65. The molecule has 15 heavy (non-hydrogen) atoms. The van der Waals surface area contributed by atoms with E-state index in [-0.39, 0.29) is 23.1 Å². The fourth-order valence-corrected chi connectivity index (χ4v) is 1.56. The lowest BCUT2D eigenvalue weighted by Gasteiger charge is -2.10. The monoisotopic (exact) mass is 228 g/mol. The van der Waals surface area contributed by atoms with Crippen molar-refractivity contribution in [2.75, 3.05) is 0 Å². The summed E-state index contributed by atoms with van der Waals surface area (Å²) < 4.78 is 0. The smallest absolute Gasteiger partial charge is 0.307 e. The first kappa shape index (κ1) is 11.9. The van der Waals surface area contributed by atoms with Crippen molar-refractivity contribution in [3.8, 4) is 5.75 Å². The second kappa shape index (κ2) is 4.53. The first-order chi connectivity index (χ1) is 6.91. The van der Waals surface area contributed by atoms with E-state index in [1.165, 1.54) is 0 Å². The van der Waals surface area contributed by atoms with Gasteiger partial charge < -0.3 is 10.2 Å². The minimum absolute atomic E-state index is 0.136. The van der Waals surface area contributed by atoms with Crippen LogP contribution in [0.1, 0.15) is 30.9 Å². The zero-order valence-electron chi connectivity index (χ0n) is 8.62. The van der Waals surface area contributed by atoms with Crippen LogP contribution in [-0.2, 0) is 11.2 Å². The van der Waals surface area contributed by atoms with Gasteiger partial charge in [-0.1, -0.05) is 31.5 Å². The molecule has 0 aliphatic heterocycles. The minimum Gasteiger partial charge on any atom is -0.506 e. The van der Waals surface area contributed by atoms with Crippen LogP contribution < -0.4 is 0 Å². The molecule has 0 aliphatic carbocycles. The number of phenols is 1. The first-order valence-corrected chi connectivity index (χ1v) is 5.02. The second-order valence-corrected chi connectivity index (χ2v) is 4.14. The van der Waals surface area contributed by atoms with E-state index in [1.54, 1.807) is 12.1 Å². The Kier molecular flexibility index (Phi) is 3.58. The number of aromatic hydroxyl groups is 1. The van der Waals surface area contributed by atoms with Gasteiger partial charge in [-0.3, -0.25) is 4.79 Å². The maximum absolute atomic E-state index is 10.6. The zero-order chi connectivity index (χ0) is 11.6. The number of benzene rings is 1. The fraction of sp³-hybridized carbons (Fsp3) is 0.364. The minimum atomic E-state index is -0.984. The number of hydrogen-bond donors (Lipinski definition) is 2. The summed E-state index contributed by atoms with van der Waals surface area (Å²) in [6.07, 6.45) is -0.216. The number of rotatable bonds is 3. The van der Waals surface area contributed by atoms with E-state index in [0.717, 1.165) is 5.56 Å². The molecule has 4 heteroatoms. The molecule has 0 unspecified atom stereocenters. The highest BCUT2D eigenvalue weighted by Crippen LogP contribution is 2.32. The average molecular weight is 229 g/mol. The van der Waals surface area contributed by atoms with Gasteiger partial charge in [0, 0.05) is 5.56 Å². The summed E-state index contributed by atoms with van der Waals surface area (Å²) in [5, 5.41) is 18.4. The zero-order valence-corrected chi connectivity index (χ0v) is 9.38. The number of halogens is 1. The highest BCUT2D eigenvalue weighted by molar-refractivity contribution is 6.32. The molecule has 1 aromatic carbocycles. The van der Waals surface area contributed by atoms with Crippen LogP contribution in [-0.4, -0.2) is 16.2 Å². The molecule has 0 bridgehead atoms. The molecule has 1 aromatic rings. The van der Waals surface area contributed by atoms with Crippen LogP contribution in [0.3, 0.4) is 0 Å². The van der Waals surface area contributed by atoms with Crippen molar-refractivity contribution in [2.45, 2.75) is 26.2 Å². The van der Waals surface area contributed by atoms with Crippen LogP contribution >= 0.6 is 11.6 Å². The summed E-state index contributed by atoms with van der Waals surface area (Å²) in [5.41, 5.74) is 1.28. The van der Waals surface area contributed by atoms with Crippen LogP contribution in [0.15, 0.2) is 12.1 Å². The molecule has 0 aliphatic rings. The molecule has 0 saturated carbocycles. The molecule has 3 nitrogen and oxygen atoms in total. The predicted octanol–water partition coefficient (Wildman–Crippen LogP) is 2.80. The quantitative estimate of drug-likeness (QED) is 0.837. The molecule has 1 rings (SSSR count). The number of aliphatic carboxylic acids is 1. The van der Waals surface area contributed by atoms with Gasteiger partial charge in [0.15, 0.2) is 0 Å². The Morgan fingerprint density at radius 1 is 1.47 bits per heavy atom. The van der Waals surface area contributed by atoms with E-state index in [4.69, 9.17) is 16.7 Å². The summed E-state index contributed by atoms with van der Waals surface area (Å²) in [7, 11) is 0. The maximum atomic E-state index is 10.6. The molecule has 0 fully saturated rings. The van der Waals surface area contributed by atoms with E-state index in [0.29, 0.717) is 5.56 Å². The number of phenolic OH excluding ortho intramolecular Hbond substituents is 1. The molecular formula is C11H13ClO3. The third-order valence-electron chi connectivity index (χ3n) is 2.17. The summed E-state index contributed by atoms with van der Waals surface area (Å²) in [5.74, 6) is -0.874. The molecule has 0 radical (unpaired) electrons. The molecule has 0 spiro atoms. The normalized spacial score (nSPS) is 10.7. The highest BCUT2D eigenvalue weighted by Gasteiger charge is 2.12. The predicted molar refractivity (Wildman–Crippen MR) is 58.5 cm³/mol. The van der Waals surface area contributed by atoms with Crippen LogP contribution in [0.4, 0.5) is 0 Å². The molecule has 0 aromatic heterocycles. The lowest BCUT2D eigenvalue weighted by atomic mass is 9.99. The Labute approximate surface area is 93.3 Å². The van der Waals surface area contributed by atoms with Gasteiger partial charge in [-0.15, -0.1) is 0 Å². The van der Waals surface area contributed by atoms with Crippen LogP contribution in [0.5, 0.6) is 5.75 Å². The topological polar surface area (TPSA) is 57.5 Å². The summed E-state index contributed by atoms with van der Waals surface area (Å²) in [6.45, 7) is 3.96. The Morgan fingerprint density at radius 3 is 2.53 bits per heavy atom. The SMILES string of the molecule is CC(C)c1cc(Cl)c(O)c(CC(=O)O)c1. The van der Waals surface area contributed by atoms with Gasteiger partial charge in [-0.25, -0.2) is 0 Å². The lowest BCUT2D eigenvalue weighted by Crippen LogP contribution is -2.02. The van der Waals surface area contributed by atoms with Gasteiger partial charge in [-0.2, -0.15) is 0 Å². The Balaban J connectivity index is 3.18. The number of carboxylic acid groups (broad SMARTS) is 1. The average Bonchev–Trinajstić information content (AvgIpc) is 2.11. The van der Waals surface area contributed by atoms with Crippen molar-refractivity contribution in [3.63, 3.8) is 0 Å². The van der Waals surface area contributed by atoms with Crippen molar-refractivity contribution >= 4 is 17.6 Å². The summed E-state index contributed by atoms with van der Waals surface area (Å²) >= 11 is 5.80. The fourth-order valence-electron chi connectivity index (χ4n) is 1.31. The lowest BCUT2D eigenvalue weighted by molar-refractivity contribution is -0.136. The van der Waals surface area contributed by atoms with Crippen molar-refractivity contribution in [3.05, 3.63) is 28.3 Å². The van der Waals surface area contributed by atoms with Crippen LogP contribution in [0, 0.1) is 0 Å². The van der Waals surface area contributed by atoms with Crippen molar-refractivity contribution in [2.24, 2.45) is 0 Å². The van der Waals surface area contributed by atoms with Crippen molar-refractivity contribution < 1.29 is 15.0 Å². The Hall–Kier alpha value is -1.22. The summed E-state index contributed by atoms with van der Waals surface area (Å²) in [6, 6.07) is 3.34. The standard InChI is InChI=1S/C11H13ClO3/c1-6(2)7-3-8(5-10(13)14)11(15)9(12)4-7/h3-4,6,15H,5H2,1-2H3,(H,13,14). The molecule has 82 valence electrons. The largest absolute Gasteiger partial charge is 0.506 e. The van der Waals surface area contributed by atoms with Crippen LogP contribution in [0.25, 0.3) is 0 Å². The van der Waals surface area contributed by atoms with Gasteiger partial charge in [0.25, 0.3) is 0 Å². The van der Waals surface area contributed by atoms with E-state index in [2.05, 4.69) is 0 Å². The van der Waals surface area contributed by atoms with E-state index < -0.39 is 5.97 Å². The Bertz CT molecular complexity index is 386. The van der Waals surface area contributed by atoms with E-state index in [1.807, 2.05) is 13.8 Å². The maximum Gasteiger partial charge on any atom is 0.307 e. The van der Waals surface area contributed by atoms with E-state index >= 15 is 0 Å². The second-order valence-electron chi connectivity index (χ2n) is 3.74. The number of carboxylic acids is 1. The molecule has 0 amide bonds. The van der Waals surface area contributed by atoms with Gasteiger partial charge >= 0.3 is 5.97 Å². The van der Waals surface area contributed by atoms with Crippen molar-refractivity contribution in [1.82, 2.24) is 0 Å². The summed E-state index contributed by atoms with van der Waals surface area (Å²) in [4.78, 5) is 10.6. The van der Waals surface area contributed by atoms with Gasteiger partial charge in [0.1, 0.15) is 5.75 Å². The molecule has 0 saturated heterocycles.